The molecule has 0 radical (unpaired) electrons. The van der Waals surface area contributed by atoms with Crippen molar-refractivity contribution >= 4 is 17.7 Å². The van der Waals surface area contributed by atoms with Gasteiger partial charge in [0, 0.05) is 11.8 Å². The van der Waals surface area contributed by atoms with Crippen LogP contribution >= 0.6 is 0 Å². The Hall–Kier alpha value is -2.29. The number of nitrogens with one attached hydrogen (secondary N) is 1. The summed E-state index contributed by atoms with van der Waals surface area (Å²) in [7, 11) is 0. The molecule has 0 aliphatic heterocycles. The molecule has 0 aliphatic carbocycles. The Morgan fingerprint density at radius 1 is 1.26 bits per heavy atom. The van der Waals surface area contributed by atoms with Gasteiger partial charge in [-0.1, -0.05) is 26.0 Å². The van der Waals surface area contributed by atoms with Gasteiger partial charge in [0.1, 0.15) is 5.76 Å². The van der Waals surface area contributed by atoms with Gasteiger partial charge >= 0.3 is 0 Å². The molecule has 0 fully saturated rings. The summed E-state index contributed by atoms with van der Waals surface area (Å²) in [5.74, 6) is 0.930. The first-order chi connectivity index (χ1) is 9.15. The molecule has 0 saturated carbocycles. The highest BCUT2D eigenvalue weighted by Crippen LogP contribution is 2.18. The average molecular weight is 255 g/mol. The Balaban J connectivity index is 2.01. The van der Waals surface area contributed by atoms with Crippen LogP contribution in [0, 0.1) is 0 Å². The lowest BCUT2D eigenvalue weighted by Crippen LogP contribution is -2.08. The highest BCUT2D eigenvalue weighted by Gasteiger charge is 2.02. The van der Waals surface area contributed by atoms with Gasteiger partial charge in [-0.05, 0) is 41.8 Å². The molecule has 1 heterocycles. The van der Waals surface area contributed by atoms with Crippen LogP contribution in [0.5, 0.6) is 0 Å². The number of anilines is 1. The summed E-state index contributed by atoms with van der Waals surface area (Å²) in [4.78, 5) is 11.7. The van der Waals surface area contributed by atoms with Crippen molar-refractivity contribution in [1.82, 2.24) is 0 Å². The fraction of sp³-hybridized carbons (Fsp3) is 0.188. The van der Waals surface area contributed by atoms with Crippen LogP contribution < -0.4 is 5.32 Å². The average Bonchev–Trinajstić information content (AvgIpc) is 2.90. The number of carbonyl (C=O) groups excluding carboxylic acids is 1. The van der Waals surface area contributed by atoms with Gasteiger partial charge in [-0.3, -0.25) is 4.79 Å². The molecule has 0 spiro atoms. The van der Waals surface area contributed by atoms with E-state index in [4.69, 9.17) is 4.42 Å². The zero-order chi connectivity index (χ0) is 13.7. The normalized spacial score (nSPS) is 11.1. The third-order valence-electron chi connectivity index (χ3n) is 2.76. The van der Waals surface area contributed by atoms with E-state index in [9.17, 15) is 4.79 Å². The summed E-state index contributed by atoms with van der Waals surface area (Å²) in [6.07, 6.45) is 4.67. The molecule has 2 aromatic rings. The van der Waals surface area contributed by atoms with Crippen molar-refractivity contribution in [2.45, 2.75) is 19.8 Å². The van der Waals surface area contributed by atoms with Crippen LogP contribution in [0.25, 0.3) is 6.08 Å². The molecule has 19 heavy (non-hydrogen) atoms. The highest BCUT2D eigenvalue weighted by atomic mass is 16.3. The SMILES string of the molecule is CC(C)c1cccc(NC(=O)/C=C/c2ccco2)c1. The fourth-order valence-electron chi connectivity index (χ4n) is 1.70. The lowest BCUT2D eigenvalue weighted by molar-refractivity contribution is -0.111. The number of rotatable bonds is 4. The molecule has 3 heteroatoms. The number of amides is 1. The predicted molar refractivity (Wildman–Crippen MR) is 76.9 cm³/mol. The first-order valence-corrected chi connectivity index (χ1v) is 6.27. The van der Waals surface area contributed by atoms with E-state index in [1.54, 1.807) is 24.5 Å². The van der Waals surface area contributed by atoms with Crippen LogP contribution in [-0.4, -0.2) is 5.91 Å². The molecule has 3 nitrogen and oxygen atoms in total. The summed E-state index contributed by atoms with van der Waals surface area (Å²) >= 11 is 0. The third-order valence-corrected chi connectivity index (χ3v) is 2.76. The number of hydrogen-bond donors (Lipinski definition) is 1. The lowest BCUT2D eigenvalue weighted by Gasteiger charge is -2.08. The van der Waals surface area contributed by atoms with Crippen molar-refractivity contribution < 1.29 is 9.21 Å². The highest BCUT2D eigenvalue weighted by molar-refractivity contribution is 6.01. The second-order valence-corrected chi connectivity index (χ2v) is 4.62. The van der Waals surface area contributed by atoms with Crippen LogP contribution in [0.4, 0.5) is 5.69 Å². The van der Waals surface area contributed by atoms with Gasteiger partial charge in [0.05, 0.1) is 6.26 Å². The quantitative estimate of drug-likeness (QED) is 0.837. The van der Waals surface area contributed by atoms with E-state index < -0.39 is 0 Å². The van der Waals surface area contributed by atoms with Gasteiger partial charge in [-0.25, -0.2) is 0 Å². The van der Waals surface area contributed by atoms with Crippen LogP contribution in [-0.2, 0) is 4.79 Å². The zero-order valence-electron chi connectivity index (χ0n) is 11.1. The van der Waals surface area contributed by atoms with Crippen molar-refractivity contribution in [2.24, 2.45) is 0 Å². The summed E-state index contributed by atoms with van der Waals surface area (Å²) in [6, 6.07) is 11.4. The minimum absolute atomic E-state index is 0.169. The smallest absolute Gasteiger partial charge is 0.248 e. The predicted octanol–water partition coefficient (Wildman–Crippen LogP) is 4.05. The molecule has 2 rings (SSSR count). The topological polar surface area (TPSA) is 42.2 Å². The maximum Gasteiger partial charge on any atom is 0.248 e. The van der Waals surface area contributed by atoms with Gasteiger partial charge in [-0.15, -0.1) is 0 Å². The van der Waals surface area contributed by atoms with Crippen molar-refractivity contribution in [2.75, 3.05) is 5.32 Å². The molecule has 1 aromatic carbocycles. The van der Waals surface area contributed by atoms with E-state index in [2.05, 4.69) is 25.2 Å². The van der Waals surface area contributed by atoms with E-state index in [1.165, 1.54) is 11.6 Å². The summed E-state index contributed by atoms with van der Waals surface area (Å²) in [5, 5.41) is 2.83. The standard InChI is InChI=1S/C16H17NO2/c1-12(2)13-5-3-6-14(11-13)17-16(18)9-8-15-7-4-10-19-15/h3-12H,1-2H3,(H,17,18)/b9-8+. The second kappa shape index (κ2) is 6.05. The molecule has 98 valence electrons. The maximum absolute atomic E-state index is 11.7. The molecule has 0 saturated heterocycles. The Labute approximate surface area is 112 Å². The molecule has 0 unspecified atom stereocenters. The van der Waals surface area contributed by atoms with Crippen molar-refractivity contribution in [3.8, 4) is 0 Å². The minimum Gasteiger partial charge on any atom is -0.465 e. The van der Waals surface area contributed by atoms with Crippen molar-refractivity contribution in [1.29, 1.82) is 0 Å². The Morgan fingerprint density at radius 3 is 2.79 bits per heavy atom. The maximum atomic E-state index is 11.7. The first kappa shape index (κ1) is 13.1. The number of hydrogen-bond acceptors (Lipinski definition) is 2. The summed E-state index contributed by atoms with van der Waals surface area (Å²) in [5.41, 5.74) is 2.01. The van der Waals surface area contributed by atoms with Crippen LogP contribution in [0.15, 0.2) is 53.2 Å². The molecular formula is C16H17NO2. The molecule has 1 N–H and O–H groups in total. The van der Waals surface area contributed by atoms with E-state index in [1.807, 2.05) is 18.2 Å². The third kappa shape index (κ3) is 3.85. The zero-order valence-corrected chi connectivity index (χ0v) is 11.1. The van der Waals surface area contributed by atoms with E-state index in [-0.39, 0.29) is 5.91 Å². The summed E-state index contributed by atoms with van der Waals surface area (Å²) in [6.45, 7) is 4.25. The van der Waals surface area contributed by atoms with Gasteiger partial charge in [0.25, 0.3) is 0 Å². The van der Waals surface area contributed by atoms with Crippen LogP contribution in [0.3, 0.4) is 0 Å². The van der Waals surface area contributed by atoms with Gasteiger partial charge < -0.3 is 9.73 Å². The van der Waals surface area contributed by atoms with Gasteiger partial charge in [0.15, 0.2) is 0 Å². The molecular weight excluding hydrogens is 238 g/mol. The van der Waals surface area contributed by atoms with E-state index in [0.717, 1.165) is 5.69 Å². The molecule has 1 aromatic heterocycles. The van der Waals surface area contributed by atoms with Crippen molar-refractivity contribution in [3.63, 3.8) is 0 Å². The number of furan rings is 1. The van der Waals surface area contributed by atoms with Gasteiger partial charge in [-0.2, -0.15) is 0 Å². The molecule has 0 aliphatic rings. The monoisotopic (exact) mass is 255 g/mol. The molecule has 1 amide bonds. The molecule has 0 atom stereocenters. The Bertz CT molecular complexity index is 568. The largest absolute Gasteiger partial charge is 0.465 e. The van der Waals surface area contributed by atoms with E-state index >= 15 is 0 Å². The minimum atomic E-state index is -0.169. The fourth-order valence-corrected chi connectivity index (χ4v) is 1.70. The van der Waals surface area contributed by atoms with E-state index in [0.29, 0.717) is 11.7 Å². The number of benzene rings is 1. The van der Waals surface area contributed by atoms with Gasteiger partial charge in [0.2, 0.25) is 5.91 Å². The number of carbonyl (C=O) groups is 1. The Kier molecular flexibility index (Phi) is 4.18. The Morgan fingerprint density at radius 2 is 2.11 bits per heavy atom. The van der Waals surface area contributed by atoms with Crippen LogP contribution in [0.2, 0.25) is 0 Å². The first-order valence-electron chi connectivity index (χ1n) is 6.27. The summed E-state index contributed by atoms with van der Waals surface area (Å²) < 4.78 is 5.12. The van der Waals surface area contributed by atoms with Crippen molar-refractivity contribution in [3.05, 3.63) is 60.1 Å². The lowest BCUT2D eigenvalue weighted by atomic mass is 10.0. The molecule has 0 bridgehead atoms. The van der Waals surface area contributed by atoms with Crippen LogP contribution in [0.1, 0.15) is 31.1 Å². The second-order valence-electron chi connectivity index (χ2n) is 4.62.